The first-order chi connectivity index (χ1) is 16.5. The Kier molecular flexibility index (Phi) is 6.62. The van der Waals surface area contributed by atoms with E-state index >= 15 is 0 Å². The maximum Gasteiger partial charge on any atom is 0.257 e. The number of anilines is 1. The van der Waals surface area contributed by atoms with E-state index in [1.165, 1.54) is 0 Å². The maximum atomic E-state index is 13.4. The third-order valence-corrected chi connectivity index (χ3v) is 9.42. The molecule has 0 saturated heterocycles. The fourth-order valence-electron chi connectivity index (χ4n) is 4.88. The van der Waals surface area contributed by atoms with Gasteiger partial charge in [-0.2, -0.15) is 5.10 Å². The molecule has 0 aliphatic heterocycles. The van der Waals surface area contributed by atoms with Crippen molar-refractivity contribution < 1.29 is 18.3 Å². The van der Waals surface area contributed by atoms with Gasteiger partial charge < -0.3 is 10.4 Å². The van der Waals surface area contributed by atoms with Crippen LogP contribution < -0.4 is 5.32 Å². The summed E-state index contributed by atoms with van der Waals surface area (Å²) in [4.78, 5) is 13.9. The zero-order valence-corrected chi connectivity index (χ0v) is 20.3. The Hall–Kier alpha value is -2.45. The largest absolute Gasteiger partial charge is 0.396 e. The van der Waals surface area contributed by atoms with E-state index in [0.29, 0.717) is 35.2 Å². The van der Waals surface area contributed by atoms with E-state index in [-0.39, 0.29) is 23.7 Å². The molecule has 1 amide bonds. The molecule has 1 heterocycles. The predicted molar refractivity (Wildman–Crippen MR) is 131 cm³/mol. The standard InChI is InChI=1S/C26H33N3O4S/c30-15-3-13-29-14-12-25(28-29)27-26(31)23(16-18-4-1-2-5-18)20-8-11-24(22(17-20)19-6-7-19)34(32,33)21-9-10-21/h8,11-12,14,16-19,21,30H,1-7,9-10,13,15H2,(H,27,28,31)/b23-16+. The SMILES string of the molecule is O=C(Nc1ccn(CCCO)n1)/C(=C/C1CCCC1)c1ccc(S(=O)(=O)C2CC2)c(C2CC2)c1. The lowest BCUT2D eigenvalue weighted by atomic mass is 9.96. The minimum Gasteiger partial charge on any atom is -0.396 e. The average Bonchev–Trinajstić information content (AvgIpc) is 3.76. The molecule has 3 aliphatic rings. The number of carbonyl (C=O) groups excluding carboxylic acids is 1. The van der Waals surface area contributed by atoms with Crippen LogP contribution in [0.5, 0.6) is 0 Å². The molecule has 3 saturated carbocycles. The van der Waals surface area contributed by atoms with Crippen molar-refractivity contribution in [1.29, 1.82) is 0 Å². The summed E-state index contributed by atoms with van der Waals surface area (Å²) < 4.78 is 27.8. The highest BCUT2D eigenvalue weighted by molar-refractivity contribution is 7.92. The van der Waals surface area contributed by atoms with Gasteiger partial charge in [-0.15, -0.1) is 0 Å². The van der Waals surface area contributed by atoms with E-state index in [0.717, 1.165) is 62.5 Å². The summed E-state index contributed by atoms with van der Waals surface area (Å²) in [6.45, 7) is 0.671. The molecule has 5 rings (SSSR count). The van der Waals surface area contributed by atoms with Crippen LogP contribution in [0, 0.1) is 5.92 Å². The van der Waals surface area contributed by atoms with Crippen LogP contribution in [0.15, 0.2) is 41.4 Å². The van der Waals surface area contributed by atoms with Crippen molar-refractivity contribution in [3.8, 4) is 0 Å². The van der Waals surface area contributed by atoms with Crippen molar-refractivity contribution in [1.82, 2.24) is 9.78 Å². The molecular formula is C26H33N3O4S. The molecule has 3 aliphatic carbocycles. The lowest BCUT2D eigenvalue weighted by molar-refractivity contribution is -0.111. The normalized spacial score (nSPS) is 19.5. The number of amides is 1. The van der Waals surface area contributed by atoms with E-state index in [9.17, 15) is 13.2 Å². The molecule has 7 nitrogen and oxygen atoms in total. The number of aromatic nitrogens is 2. The van der Waals surface area contributed by atoms with Crippen LogP contribution in [0.25, 0.3) is 5.57 Å². The maximum absolute atomic E-state index is 13.4. The number of sulfone groups is 1. The number of hydrogen-bond donors (Lipinski definition) is 2. The van der Waals surface area contributed by atoms with E-state index in [4.69, 9.17) is 5.11 Å². The van der Waals surface area contributed by atoms with Gasteiger partial charge in [-0.05, 0) is 80.0 Å². The van der Waals surface area contributed by atoms with Crippen LogP contribution in [0.1, 0.15) is 74.8 Å². The number of nitrogens with zero attached hydrogens (tertiary/aromatic N) is 2. The van der Waals surface area contributed by atoms with Gasteiger partial charge in [0.2, 0.25) is 0 Å². The molecule has 2 aromatic rings. The summed E-state index contributed by atoms with van der Waals surface area (Å²) in [5.74, 6) is 0.859. The number of aryl methyl sites for hydroxylation is 1. The zero-order valence-electron chi connectivity index (χ0n) is 19.4. The first-order valence-corrected chi connectivity index (χ1v) is 14.1. The van der Waals surface area contributed by atoms with Crippen molar-refractivity contribution in [3.05, 3.63) is 47.7 Å². The second-order valence-corrected chi connectivity index (χ2v) is 12.1. The number of benzene rings is 1. The second-order valence-electron chi connectivity index (χ2n) is 9.89. The quantitative estimate of drug-likeness (QED) is 0.491. The minimum absolute atomic E-state index is 0.0889. The number of aliphatic hydroxyl groups excluding tert-OH is 1. The topological polar surface area (TPSA) is 101 Å². The third kappa shape index (κ3) is 5.13. The van der Waals surface area contributed by atoms with Crippen LogP contribution in [-0.4, -0.2) is 41.1 Å². The van der Waals surface area contributed by atoms with Crippen LogP contribution in [0.3, 0.4) is 0 Å². The summed E-state index contributed by atoms with van der Waals surface area (Å²) in [6, 6.07) is 7.24. The fourth-order valence-corrected chi connectivity index (χ4v) is 6.81. The summed E-state index contributed by atoms with van der Waals surface area (Å²) in [7, 11) is -3.29. The number of rotatable bonds is 10. The highest BCUT2D eigenvalue weighted by atomic mass is 32.2. The van der Waals surface area contributed by atoms with Crippen LogP contribution in [0.4, 0.5) is 5.82 Å². The molecule has 0 atom stereocenters. The Morgan fingerprint density at radius 2 is 1.88 bits per heavy atom. The highest BCUT2D eigenvalue weighted by Crippen LogP contribution is 2.46. The summed E-state index contributed by atoms with van der Waals surface area (Å²) in [5, 5.41) is 16.1. The number of hydrogen-bond acceptors (Lipinski definition) is 5. The van der Waals surface area contributed by atoms with Gasteiger partial charge >= 0.3 is 0 Å². The van der Waals surface area contributed by atoms with Crippen molar-refractivity contribution >= 4 is 27.1 Å². The third-order valence-electron chi connectivity index (χ3n) is 7.08. The van der Waals surface area contributed by atoms with E-state index in [1.807, 2.05) is 6.07 Å². The molecule has 0 unspecified atom stereocenters. The van der Waals surface area contributed by atoms with Crippen molar-refractivity contribution in [2.24, 2.45) is 5.92 Å². The number of aliphatic hydroxyl groups is 1. The molecule has 182 valence electrons. The summed E-state index contributed by atoms with van der Waals surface area (Å²) >= 11 is 0. The molecular weight excluding hydrogens is 450 g/mol. The highest BCUT2D eigenvalue weighted by Gasteiger charge is 2.40. The molecule has 1 aromatic carbocycles. The van der Waals surface area contributed by atoms with Crippen LogP contribution in [-0.2, 0) is 21.2 Å². The molecule has 3 fully saturated rings. The summed E-state index contributed by atoms with van der Waals surface area (Å²) in [6.07, 6.45) is 12.4. The van der Waals surface area contributed by atoms with Crippen molar-refractivity contribution in [2.45, 2.75) is 80.4 Å². The Balaban J connectivity index is 1.45. The first-order valence-electron chi connectivity index (χ1n) is 12.5. The van der Waals surface area contributed by atoms with E-state index in [1.54, 1.807) is 29.1 Å². The van der Waals surface area contributed by atoms with E-state index in [2.05, 4.69) is 16.5 Å². The van der Waals surface area contributed by atoms with Gasteiger partial charge in [-0.3, -0.25) is 9.48 Å². The van der Waals surface area contributed by atoms with Gasteiger partial charge in [-0.25, -0.2) is 8.42 Å². The van der Waals surface area contributed by atoms with E-state index < -0.39 is 9.84 Å². The molecule has 2 N–H and O–H groups in total. The van der Waals surface area contributed by atoms with Gasteiger partial charge in [0.15, 0.2) is 15.7 Å². The van der Waals surface area contributed by atoms with Gasteiger partial charge in [0.05, 0.1) is 10.1 Å². The molecule has 1 aromatic heterocycles. The van der Waals surface area contributed by atoms with Gasteiger partial charge in [0.1, 0.15) is 0 Å². The van der Waals surface area contributed by atoms with Crippen molar-refractivity contribution in [3.63, 3.8) is 0 Å². The lowest BCUT2D eigenvalue weighted by Crippen LogP contribution is -2.16. The molecule has 0 spiro atoms. The minimum atomic E-state index is -3.29. The number of carbonyl (C=O) groups is 1. The second kappa shape index (κ2) is 9.66. The Morgan fingerprint density at radius 3 is 2.56 bits per heavy atom. The lowest BCUT2D eigenvalue weighted by Gasteiger charge is -2.15. The molecule has 0 bridgehead atoms. The number of nitrogens with one attached hydrogen (secondary N) is 1. The van der Waals surface area contributed by atoms with Crippen LogP contribution in [0.2, 0.25) is 0 Å². The Morgan fingerprint density at radius 1 is 1.12 bits per heavy atom. The monoisotopic (exact) mass is 483 g/mol. The number of allylic oxidation sites excluding steroid dienone is 1. The Bertz CT molecular complexity index is 1190. The predicted octanol–water partition coefficient (Wildman–Crippen LogP) is 4.29. The summed E-state index contributed by atoms with van der Waals surface area (Å²) in [5.41, 5.74) is 2.25. The van der Waals surface area contributed by atoms with Crippen molar-refractivity contribution in [2.75, 3.05) is 11.9 Å². The smallest absolute Gasteiger partial charge is 0.257 e. The molecule has 8 heteroatoms. The van der Waals surface area contributed by atoms with Gasteiger partial charge in [0, 0.05) is 31.0 Å². The molecule has 34 heavy (non-hydrogen) atoms. The average molecular weight is 484 g/mol. The Labute approximate surface area is 201 Å². The van der Waals surface area contributed by atoms with Crippen LogP contribution >= 0.6 is 0 Å². The van der Waals surface area contributed by atoms with Gasteiger partial charge in [0.25, 0.3) is 5.91 Å². The molecule has 0 radical (unpaired) electrons. The zero-order chi connectivity index (χ0) is 23.7. The first kappa shape index (κ1) is 23.3. The van der Waals surface area contributed by atoms with Gasteiger partial charge in [-0.1, -0.05) is 25.0 Å². The fraction of sp³-hybridized carbons (Fsp3) is 0.538.